The summed E-state index contributed by atoms with van der Waals surface area (Å²) in [5.41, 5.74) is 14.5. The van der Waals surface area contributed by atoms with Crippen molar-refractivity contribution in [1.82, 2.24) is 30.7 Å². The van der Waals surface area contributed by atoms with Gasteiger partial charge in [0.2, 0.25) is 11.6 Å². The second kappa shape index (κ2) is 10.9. The molecule has 0 fully saturated rings. The fraction of sp³-hybridized carbons (Fsp3) is 0.0952. The third-order valence-corrected chi connectivity index (χ3v) is 5.46. The van der Waals surface area contributed by atoms with Crippen LogP contribution in [0.4, 0.5) is 5.82 Å². The minimum Gasteiger partial charge on any atom is -0.484 e. The molecule has 178 valence electrons. The largest absolute Gasteiger partial charge is 0.484 e. The maximum Gasteiger partial charge on any atom is 0.293 e. The first-order valence-corrected chi connectivity index (χ1v) is 11.0. The van der Waals surface area contributed by atoms with Gasteiger partial charge >= 0.3 is 0 Å². The van der Waals surface area contributed by atoms with Crippen molar-refractivity contribution in [2.75, 3.05) is 12.3 Å². The van der Waals surface area contributed by atoms with Crippen molar-refractivity contribution in [2.24, 2.45) is 10.8 Å². The molecule has 0 atom stereocenters. The Morgan fingerprint density at radius 1 is 1.14 bits per heavy atom. The molecule has 4 rings (SSSR count). The third kappa shape index (κ3) is 6.00. The lowest BCUT2D eigenvalue weighted by atomic mass is 10.2. The number of carbonyl (C=O) groups excluding carboxylic acids is 2. The van der Waals surface area contributed by atoms with Crippen LogP contribution in [0.2, 0.25) is 0 Å². The molecular formula is C21H19N9O4S. The monoisotopic (exact) mass is 493 g/mol. The molecule has 0 aliphatic rings. The molecule has 13 nitrogen and oxygen atoms in total. The summed E-state index contributed by atoms with van der Waals surface area (Å²) in [6, 6.07) is 16.3. The van der Waals surface area contributed by atoms with E-state index in [-0.39, 0.29) is 23.9 Å². The number of nitrogen functional groups attached to an aromatic ring is 1. The summed E-state index contributed by atoms with van der Waals surface area (Å²) >= 11 is 1.48. The SMILES string of the molecule is NC(=O)COc1ccc(C=NNC(=O)c2nnn(-c3nonc3N)c2CSc2ccccc2)cc1. The number of nitrogens with one attached hydrogen (secondary N) is 1. The second-order valence-electron chi connectivity index (χ2n) is 6.89. The van der Waals surface area contributed by atoms with Crippen LogP contribution in [0.1, 0.15) is 21.7 Å². The van der Waals surface area contributed by atoms with E-state index in [0.29, 0.717) is 22.8 Å². The molecule has 0 bridgehead atoms. The molecule has 5 N–H and O–H groups in total. The molecule has 0 aliphatic heterocycles. The Labute approximate surface area is 202 Å². The summed E-state index contributed by atoms with van der Waals surface area (Å²) < 4.78 is 11.2. The van der Waals surface area contributed by atoms with Crippen molar-refractivity contribution in [3.05, 3.63) is 71.5 Å². The molecule has 0 unspecified atom stereocenters. The number of aromatic nitrogens is 5. The molecule has 0 spiro atoms. The zero-order chi connectivity index (χ0) is 24.6. The van der Waals surface area contributed by atoms with Gasteiger partial charge in [-0.05, 0) is 52.3 Å². The van der Waals surface area contributed by atoms with Gasteiger partial charge in [-0.15, -0.1) is 16.9 Å². The molecule has 35 heavy (non-hydrogen) atoms. The first-order chi connectivity index (χ1) is 17.0. The normalized spacial score (nSPS) is 11.0. The summed E-state index contributed by atoms with van der Waals surface area (Å²) in [6.07, 6.45) is 1.44. The number of hydrogen-bond acceptors (Lipinski definition) is 11. The topological polar surface area (TPSA) is 189 Å². The Kier molecular flexibility index (Phi) is 7.32. The number of rotatable bonds is 10. The van der Waals surface area contributed by atoms with Crippen molar-refractivity contribution < 1.29 is 19.0 Å². The molecule has 2 aromatic carbocycles. The molecule has 0 saturated carbocycles. The zero-order valence-corrected chi connectivity index (χ0v) is 18.9. The second-order valence-corrected chi connectivity index (χ2v) is 7.94. The molecule has 2 aromatic heterocycles. The fourth-order valence-electron chi connectivity index (χ4n) is 2.81. The predicted octanol–water partition coefficient (Wildman–Crippen LogP) is 1.15. The van der Waals surface area contributed by atoms with Gasteiger partial charge in [-0.1, -0.05) is 23.4 Å². The van der Waals surface area contributed by atoms with Gasteiger partial charge in [-0.25, -0.2) is 10.1 Å². The van der Waals surface area contributed by atoms with E-state index in [4.69, 9.17) is 16.2 Å². The summed E-state index contributed by atoms with van der Waals surface area (Å²) in [5.74, 6) is -0.199. The van der Waals surface area contributed by atoms with Gasteiger partial charge in [-0.3, -0.25) is 9.59 Å². The third-order valence-electron chi connectivity index (χ3n) is 4.43. The number of amides is 2. The maximum absolute atomic E-state index is 12.8. The molecule has 4 aromatic rings. The van der Waals surface area contributed by atoms with Crippen molar-refractivity contribution in [3.8, 4) is 11.6 Å². The number of hydrogen-bond donors (Lipinski definition) is 3. The van der Waals surface area contributed by atoms with Crippen LogP contribution < -0.4 is 21.6 Å². The molecule has 0 aliphatic carbocycles. The Morgan fingerprint density at radius 2 is 1.91 bits per heavy atom. The summed E-state index contributed by atoms with van der Waals surface area (Å²) in [6.45, 7) is -0.217. The minimum absolute atomic E-state index is 0.00842. The average molecular weight is 494 g/mol. The highest BCUT2D eigenvalue weighted by molar-refractivity contribution is 7.98. The number of hydrazone groups is 1. The number of nitrogens with zero attached hydrogens (tertiary/aromatic N) is 6. The molecule has 2 heterocycles. The van der Waals surface area contributed by atoms with Crippen LogP contribution in [-0.4, -0.2) is 49.9 Å². The lowest BCUT2D eigenvalue weighted by Gasteiger charge is -2.06. The van der Waals surface area contributed by atoms with E-state index >= 15 is 0 Å². The van der Waals surface area contributed by atoms with Crippen LogP contribution in [0.3, 0.4) is 0 Å². The van der Waals surface area contributed by atoms with Gasteiger partial charge in [0.15, 0.2) is 12.3 Å². The van der Waals surface area contributed by atoms with Crippen molar-refractivity contribution in [1.29, 1.82) is 0 Å². The molecule has 0 radical (unpaired) electrons. The van der Waals surface area contributed by atoms with E-state index in [1.807, 2.05) is 30.3 Å². The number of carbonyl (C=O) groups is 2. The van der Waals surface area contributed by atoms with E-state index in [0.717, 1.165) is 4.90 Å². The van der Waals surface area contributed by atoms with Crippen molar-refractivity contribution in [3.63, 3.8) is 0 Å². The van der Waals surface area contributed by atoms with Crippen LogP contribution in [0.5, 0.6) is 5.75 Å². The smallest absolute Gasteiger partial charge is 0.293 e. The summed E-state index contributed by atoms with van der Waals surface area (Å²) in [7, 11) is 0. The lowest BCUT2D eigenvalue weighted by molar-refractivity contribution is -0.119. The van der Waals surface area contributed by atoms with Gasteiger partial charge in [0.25, 0.3) is 11.8 Å². The minimum atomic E-state index is -0.576. The van der Waals surface area contributed by atoms with E-state index in [2.05, 4.69) is 35.8 Å². The van der Waals surface area contributed by atoms with Crippen molar-refractivity contribution in [2.45, 2.75) is 10.6 Å². The first kappa shape index (κ1) is 23.4. The Balaban J connectivity index is 1.48. The number of benzene rings is 2. The standard InChI is InChI=1S/C21H19N9O4S/c22-17(31)11-33-14-8-6-13(7-9-14)10-24-26-21(32)18-16(12-35-15-4-2-1-3-5-15)30(29-25-18)20-19(23)27-34-28-20/h1-10H,11-12H2,(H2,22,31)(H2,23,27)(H,26,32). The predicted molar refractivity (Wildman–Crippen MR) is 126 cm³/mol. The van der Waals surface area contributed by atoms with Crippen LogP contribution in [0.25, 0.3) is 5.82 Å². The van der Waals surface area contributed by atoms with Gasteiger partial charge in [0.1, 0.15) is 5.75 Å². The number of nitrogens with two attached hydrogens (primary N) is 2. The lowest BCUT2D eigenvalue weighted by Crippen LogP contribution is -2.20. The number of primary amides is 1. The van der Waals surface area contributed by atoms with Gasteiger partial charge < -0.3 is 16.2 Å². The highest BCUT2D eigenvalue weighted by Crippen LogP contribution is 2.25. The van der Waals surface area contributed by atoms with Crippen LogP contribution >= 0.6 is 11.8 Å². The molecule has 14 heteroatoms. The van der Waals surface area contributed by atoms with E-state index in [1.165, 1.54) is 22.7 Å². The number of ether oxygens (including phenoxy) is 1. The number of anilines is 1. The van der Waals surface area contributed by atoms with E-state index in [1.54, 1.807) is 24.3 Å². The van der Waals surface area contributed by atoms with Crippen LogP contribution in [0, 0.1) is 0 Å². The van der Waals surface area contributed by atoms with E-state index in [9.17, 15) is 9.59 Å². The Bertz CT molecular complexity index is 1340. The van der Waals surface area contributed by atoms with Gasteiger partial charge in [-0.2, -0.15) is 9.78 Å². The van der Waals surface area contributed by atoms with Gasteiger partial charge in [0, 0.05) is 10.6 Å². The maximum atomic E-state index is 12.8. The zero-order valence-electron chi connectivity index (χ0n) is 18.1. The van der Waals surface area contributed by atoms with Crippen molar-refractivity contribution >= 4 is 35.6 Å². The first-order valence-electron chi connectivity index (χ1n) is 10.1. The van der Waals surface area contributed by atoms with Crippen LogP contribution in [0.15, 0.2) is 69.2 Å². The average Bonchev–Trinajstić information content (AvgIpc) is 3.48. The van der Waals surface area contributed by atoms with E-state index < -0.39 is 11.8 Å². The Hall–Kier alpha value is -4.72. The summed E-state index contributed by atoms with van der Waals surface area (Å²) in [5, 5.41) is 19.3. The fourth-order valence-corrected chi connectivity index (χ4v) is 3.72. The highest BCUT2D eigenvalue weighted by atomic mass is 32.2. The molecule has 2 amide bonds. The molecular weight excluding hydrogens is 474 g/mol. The highest BCUT2D eigenvalue weighted by Gasteiger charge is 2.24. The van der Waals surface area contributed by atoms with Gasteiger partial charge in [0.05, 0.1) is 11.9 Å². The quantitative estimate of drug-likeness (QED) is 0.164. The number of thioether (sulfide) groups is 1. The summed E-state index contributed by atoms with van der Waals surface area (Å²) in [4.78, 5) is 24.6. The molecule has 0 saturated heterocycles. The Morgan fingerprint density at radius 3 is 2.60 bits per heavy atom. The van der Waals surface area contributed by atoms with Crippen LogP contribution in [-0.2, 0) is 10.5 Å².